The Morgan fingerprint density at radius 2 is 2.10 bits per heavy atom. The van der Waals surface area contributed by atoms with Gasteiger partial charge >= 0.3 is 5.97 Å². The highest BCUT2D eigenvalue weighted by molar-refractivity contribution is 5.89. The van der Waals surface area contributed by atoms with Crippen molar-refractivity contribution >= 4 is 22.8 Å². The molecule has 0 saturated heterocycles. The molecule has 1 aliphatic rings. The summed E-state index contributed by atoms with van der Waals surface area (Å²) in [6.45, 7) is 0. The monoisotopic (exact) mass is 284 g/mol. The lowest BCUT2D eigenvalue weighted by Gasteiger charge is -2.11. The molecule has 1 aromatic carbocycles. The van der Waals surface area contributed by atoms with Gasteiger partial charge in [0, 0.05) is 23.1 Å². The van der Waals surface area contributed by atoms with Gasteiger partial charge in [0.15, 0.2) is 0 Å². The third-order valence-corrected chi connectivity index (χ3v) is 3.77. The van der Waals surface area contributed by atoms with Gasteiger partial charge in [-0.15, -0.1) is 0 Å². The molecule has 0 saturated carbocycles. The molecule has 2 unspecified atom stereocenters. The molecule has 108 valence electrons. The maximum absolute atomic E-state index is 12.1. The predicted octanol–water partition coefficient (Wildman–Crippen LogP) is 1.86. The van der Waals surface area contributed by atoms with Crippen LogP contribution in [0.15, 0.2) is 42.6 Å². The third kappa shape index (κ3) is 2.81. The Morgan fingerprint density at radius 3 is 2.86 bits per heavy atom. The molecule has 1 aromatic heterocycles. The molecule has 21 heavy (non-hydrogen) atoms. The predicted molar refractivity (Wildman–Crippen MR) is 78.8 cm³/mol. The fraction of sp³-hybridized carbons (Fsp3) is 0.250. The van der Waals surface area contributed by atoms with Crippen LogP contribution in [-0.2, 0) is 16.0 Å². The molecule has 0 spiro atoms. The van der Waals surface area contributed by atoms with E-state index in [1.165, 1.54) is 0 Å². The van der Waals surface area contributed by atoms with Crippen LogP contribution in [0.4, 0.5) is 0 Å². The number of rotatable bonds is 4. The normalized spacial score (nSPS) is 20.8. The summed E-state index contributed by atoms with van der Waals surface area (Å²) in [5.74, 6) is -1.44. The second kappa shape index (κ2) is 5.44. The summed E-state index contributed by atoms with van der Waals surface area (Å²) in [5, 5.41) is 12.8. The fourth-order valence-corrected chi connectivity index (χ4v) is 2.70. The number of carbonyl (C=O) groups excluding carboxylic acids is 1. The summed E-state index contributed by atoms with van der Waals surface area (Å²) in [6.07, 6.45) is 5.95. The van der Waals surface area contributed by atoms with E-state index in [2.05, 4.69) is 10.3 Å². The first-order valence-electron chi connectivity index (χ1n) is 6.89. The molecule has 2 atom stereocenters. The molecule has 1 heterocycles. The number of aromatic amines is 1. The molecule has 5 heteroatoms. The van der Waals surface area contributed by atoms with Crippen molar-refractivity contribution in [2.45, 2.75) is 18.9 Å². The Kier molecular flexibility index (Phi) is 3.48. The SMILES string of the molecule is O=C(Cc1c[nH]c2ccccc12)NC1C=CC(C(=O)O)C1. The van der Waals surface area contributed by atoms with Crippen LogP contribution in [0.3, 0.4) is 0 Å². The molecule has 0 fully saturated rings. The van der Waals surface area contributed by atoms with E-state index in [1.807, 2.05) is 30.5 Å². The number of fused-ring (bicyclic) bond motifs is 1. The molecule has 0 bridgehead atoms. The van der Waals surface area contributed by atoms with E-state index in [0.29, 0.717) is 6.42 Å². The molecule has 2 aromatic rings. The van der Waals surface area contributed by atoms with Crippen molar-refractivity contribution in [1.29, 1.82) is 0 Å². The molecule has 0 radical (unpaired) electrons. The number of aromatic nitrogens is 1. The number of hydrogen-bond donors (Lipinski definition) is 3. The second-order valence-corrected chi connectivity index (χ2v) is 5.28. The molecule has 1 amide bonds. The van der Waals surface area contributed by atoms with E-state index in [1.54, 1.807) is 12.2 Å². The van der Waals surface area contributed by atoms with Crippen LogP contribution in [0.1, 0.15) is 12.0 Å². The minimum absolute atomic E-state index is 0.0968. The van der Waals surface area contributed by atoms with Gasteiger partial charge in [0.05, 0.1) is 12.3 Å². The van der Waals surface area contributed by atoms with Crippen molar-refractivity contribution in [3.8, 4) is 0 Å². The maximum Gasteiger partial charge on any atom is 0.310 e. The van der Waals surface area contributed by atoms with Crippen LogP contribution >= 0.6 is 0 Å². The number of aliphatic carboxylic acids is 1. The summed E-state index contributed by atoms with van der Waals surface area (Å²) in [5.41, 5.74) is 1.95. The number of para-hydroxylation sites is 1. The number of benzene rings is 1. The number of H-pyrrole nitrogens is 1. The smallest absolute Gasteiger partial charge is 0.310 e. The zero-order chi connectivity index (χ0) is 14.8. The Labute approximate surface area is 121 Å². The van der Waals surface area contributed by atoms with Crippen molar-refractivity contribution in [3.05, 3.63) is 48.2 Å². The number of carbonyl (C=O) groups is 2. The van der Waals surface area contributed by atoms with E-state index in [9.17, 15) is 9.59 Å². The number of hydrogen-bond acceptors (Lipinski definition) is 2. The average molecular weight is 284 g/mol. The van der Waals surface area contributed by atoms with E-state index in [4.69, 9.17) is 5.11 Å². The molecule has 1 aliphatic carbocycles. The van der Waals surface area contributed by atoms with Crippen molar-refractivity contribution in [2.75, 3.05) is 0 Å². The van der Waals surface area contributed by atoms with E-state index in [0.717, 1.165) is 16.5 Å². The molecule has 3 rings (SSSR count). The minimum Gasteiger partial charge on any atom is -0.481 e. The molecule has 5 nitrogen and oxygen atoms in total. The highest BCUT2D eigenvalue weighted by Crippen LogP contribution is 2.20. The van der Waals surface area contributed by atoms with Gasteiger partial charge in [0.1, 0.15) is 0 Å². The van der Waals surface area contributed by atoms with Crippen LogP contribution in [0.2, 0.25) is 0 Å². The van der Waals surface area contributed by atoms with Gasteiger partial charge in [0.2, 0.25) is 5.91 Å². The number of carboxylic acids is 1. The summed E-state index contributed by atoms with van der Waals surface area (Å²) in [6, 6.07) is 7.63. The molecule has 3 N–H and O–H groups in total. The van der Waals surface area contributed by atoms with Crippen LogP contribution < -0.4 is 5.32 Å². The highest BCUT2D eigenvalue weighted by atomic mass is 16.4. The molecule has 0 aliphatic heterocycles. The zero-order valence-electron chi connectivity index (χ0n) is 11.4. The Hall–Kier alpha value is -2.56. The Bertz CT molecular complexity index is 717. The van der Waals surface area contributed by atoms with Crippen LogP contribution in [-0.4, -0.2) is 28.0 Å². The van der Waals surface area contributed by atoms with Crippen LogP contribution in [0.5, 0.6) is 0 Å². The lowest BCUT2D eigenvalue weighted by atomic mass is 10.1. The van der Waals surface area contributed by atoms with Gasteiger partial charge < -0.3 is 15.4 Å². The Morgan fingerprint density at radius 1 is 1.29 bits per heavy atom. The fourth-order valence-electron chi connectivity index (χ4n) is 2.70. The van der Waals surface area contributed by atoms with E-state index in [-0.39, 0.29) is 18.4 Å². The highest BCUT2D eigenvalue weighted by Gasteiger charge is 2.25. The van der Waals surface area contributed by atoms with Crippen molar-refractivity contribution in [1.82, 2.24) is 10.3 Å². The van der Waals surface area contributed by atoms with Crippen LogP contribution in [0, 0.1) is 5.92 Å². The van der Waals surface area contributed by atoms with E-state index >= 15 is 0 Å². The second-order valence-electron chi connectivity index (χ2n) is 5.28. The lowest BCUT2D eigenvalue weighted by Crippen LogP contribution is -2.34. The summed E-state index contributed by atoms with van der Waals surface area (Å²) >= 11 is 0. The third-order valence-electron chi connectivity index (χ3n) is 3.77. The average Bonchev–Trinajstić information content (AvgIpc) is 3.07. The minimum atomic E-state index is -0.848. The summed E-state index contributed by atoms with van der Waals surface area (Å²) in [7, 11) is 0. The number of nitrogens with one attached hydrogen (secondary N) is 2. The first kappa shape index (κ1) is 13.4. The van der Waals surface area contributed by atoms with Crippen molar-refractivity contribution in [2.24, 2.45) is 5.92 Å². The van der Waals surface area contributed by atoms with Crippen molar-refractivity contribution < 1.29 is 14.7 Å². The van der Waals surface area contributed by atoms with Gasteiger partial charge in [-0.3, -0.25) is 9.59 Å². The first-order chi connectivity index (χ1) is 10.1. The Balaban J connectivity index is 1.63. The largest absolute Gasteiger partial charge is 0.481 e. The van der Waals surface area contributed by atoms with Crippen LogP contribution in [0.25, 0.3) is 10.9 Å². The van der Waals surface area contributed by atoms with Gasteiger partial charge in [-0.2, -0.15) is 0 Å². The van der Waals surface area contributed by atoms with Gasteiger partial charge in [-0.05, 0) is 18.1 Å². The van der Waals surface area contributed by atoms with Gasteiger partial charge in [0.25, 0.3) is 0 Å². The summed E-state index contributed by atoms with van der Waals surface area (Å²) in [4.78, 5) is 26.1. The number of amides is 1. The molecular formula is C16H16N2O3. The van der Waals surface area contributed by atoms with Gasteiger partial charge in [-0.25, -0.2) is 0 Å². The number of carboxylic acid groups (broad SMARTS) is 1. The lowest BCUT2D eigenvalue weighted by molar-refractivity contribution is -0.140. The summed E-state index contributed by atoms with van der Waals surface area (Å²) < 4.78 is 0. The molecular weight excluding hydrogens is 268 g/mol. The maximum atomic E-state index is 12.1. The quantitative estimate of drug-likeness (QED) is 0.749. The first-order valence-corrected chi connectivity index (χ1v) is 6.89. The van der Waals surface area contributed by atoms with Gasteiger partial charge in [-0.1, -0.05) is 30.4 Å². The van der Waals surface area contributed by atoms with E-state index < -0.39 is 11.9 Å². The van der Waals surface area contributed by atoms with Crippen molar-refractivity contribution in [3.63, 3.8) is 0 Å². The topological polar surface area (TPSA) is 82.2 Å². The standard InChI is InChI=1S/C16H16N2O3/c19-15(18-12-6-5-10(7-12)16(20)21)8-11-9-17-14-4-2-1-3-13(11)14/h1-6,9-10,12,17H,7-8H2,(H,18,19)(H,20,21). The zero-order valence-corrected chi connectivity index (χ0v) is 11.4.